The monoisotopic (exact) mass is 248 g/mol. The summed E-state index contributed by atoms with van der Waals surface area (Å²) in [6.07, 6.45) is 3.71. The van der Waals surface area contributed by atoms with E-state index in [0.29, 0.717) is 6.04 Å². The minimum absolute atomic E-state index is 0.668. The molecule has 1 unspecified atom stereocenters. The first-order valence-corrected chi connectivity index (χ1v) is 7.01. The van der Waals surface area contributed by atoms with E-state index in [-0.39, 0.29) is 0 Å². The van der Waals surface area contributed by atoms with E-state index in [2.05, 4.69) is 34.0 Å². The lowest BCUT2D eigenvalue weighted by Gasteiger charge is -2.20. The molecular weight excluding hydrogens is 224 g/mol. The summed E-state index contributed by atoms with van der Waals surface area (Å²) in [4.78, 5) is 11.6. The van der Waals surface area contributed by atoms with E-state index in [1.165, 1.54) is 19.4 Å². The lowest BCUT2D eigenvalue weighted by molar-refractivity contribution is 0.254. The van der Waals surface area contributed by atoms with Crippen molar-refractivity contribution in [3.63, 3.8) is 0 Å². The van der Waals surface area contributed by atoms with E-state index in [0.717, 1.165) is 36.8 Å². The van der Waals surface area contributed by atoms with Crippen LogP contribution in [0.5, 0.6) is 0 Å². The number of anilines is 1. The molecule has 0 bridgehead atoms. The van der Waals surface area contributed by atoms with Crippen molar-refractivity contribution in [2.75, 3.05) is 18.4 Å². The Kier molecular flexibility index (Phi) is 4.53. The van der Waals surface area contributed by atoms with Crippen molar-refractivity contribution in [3.05, 3.63) is 17.6 Å². The van der Waals surface area contributed by atoms with Gasteiger partial charge in [0.15, 0.2) is 0 Å². The first-order valence-electron chi connectivity index (χ1n) is 7.01. The van der Waals surface area contributed by atoms with Gasteiger partial charge in [0.1, 0.15) is 11.6 Å². The van der Waals surface area contributed by atoms with Crippen LogP contribution < -0.4 is 5.32 Å². The van der Waals surface area contributed by atoms with Crippen LogP contribution in [0, 0.1) is 6.92 Å². The normalized spacial score (nSPS) is 20.3. The summed E-state index contributed by atoms with van der Waals surface area (Å²) in [6.45, 7) is 9.51. The van der Waals surface area contributed by atoms with Crippen molar-refractivity contribution < 1.29 is 0 Å². The number of aryl methyl sites for hydroxylation is 1. The van der Waals surface area contributed by atoms with Crippen LogP contribution >= 0.6 is 0 Å². The van der Waals surface area contributed by atoms with Gasteiger partial charge >= 0.3 is 0 Å². The van der Waals surface area contributed by atoms with Gasteiger partial charge < -0.3 is 5.32 Å². The Balaban J connectivity index is 2.05. The SMILES string of the molecule is CCCNc1cc(C)nc(CN2CCCC2C)n1. The summed E-state index contributed by atoms with van der Waals surface area (Å²) in [5.74, 6) is 1.91. The summed E-state index contributed by atoms with van der Waals surface area (Å²) in [7, 11) is 0. The van der Waals surface area contributed by atoms with Crippen LogP contribution in [0.1, 0.15) is 44.6 Å². The molecule has 2 rings (SSSR count). The maximum absolute atomic E-state index is 4.61. The third kappa shape index (κ3) is 3.42. The van der Waals surface area contributed by atoms with Crippen LogP contribution in [-0.2, 0) is 6.54 Å². The van der Waals surface area contributed by atoms with Crippen LogP contribution in [0.15, 0.2) is 6.07 Å². The molecule has 1 aromatic heterocycles. The molecule has 0 amide bonds. The standard InChI is InChI=1S/C14H24N4/c1-4-7-15-13-9-11(2)16-14(17-13)10-18-8-5-6-12(18)3/h9,12H,4-8,10H2,1-3H3,(H,15,16,17). The number of nitrogens with zero attached hydrogens (tertiary/aromatic N) is 3. The van der Waals surface area contributed by atoms with E-state index in [4.69, 9.17) is 0 Å². The molecule has 4 nitrogen and oxygen atoms in total. The van der Waals surface area contributed by atoms with Crippen molar-refractivity contribution in [1.29, 1.82) is 0 Å². The van der Waals surface area contributed by atoms with Crippen LogP contribution in [0.3, 0.4) is 0 Å². The molecule has 100 valence electrons. The number of aromatic nitrogens is 2. The van der Waals surface area contributed by atoms with Crippen LogP contribution in [0.4, 0.5) is 5.82 Å². The van der Waals surface area contributed by atoms with Crippen molar-refractivity contribution in [2.45, 2.75) is 52.6 Å². The lowest BCUT2D eigenvalue weighted by atomic mass is 10.2. The van der Waals surface area contributed by atoms with Gasteiger partial charge in [0.05, 0.1) is 6.54 Å². The highest BCUT2D eigenvalue weighted by Crippen LogP contribution is 2.18. The molecule has 1 fully saturated rings. The van der Waals surface area contributed by atoms with Crippen molar-refractivity contribution >= 4 is 5.82 Å². The summed E-state index contributed by atoms with van der Waals surface area (Å²) >= 11 is 0. The van der Waals surface area contributed by atoms with Gasteiger partial charge in [0, 0.05) is 24.3 Å². The predicted octanol–water partition coefficient (Wildman–Crippen LogP) is 2.59. The molecule has 1 N–H and O–H groups in total. The number of likely N-dealkylation sites (tertiary alicyclic amines) is 1. The smallest absolute Gasteiger partial charge is 0.144 e. The van der Waals surface area contributed by atoms with Crippen LogP contribution in [0.2, 0.25) is 0 Å². The first-order chi connectivity index (χ1) is 8.69. The molecule has 0 aromatic carbocycles. The highest BCUT2D eigenvalue weighted by atomic mass is 15.2. The van der Waals surface area contributed by atoms with Gasteiger partial charge in [-0.25, -0.2) is 9.97 Å². The fourth-order valence-corrected chi connectivity index (χ4v) is 2.45. The van der Waals surface area contributed by atoms with E-state index in [1.54, 1.807) is 0 Å². The van der Waals surface area contributed by atoms with Gasteiger partial charge in [0.25, 0.3) is 0 Å². The zero-order chi connectivity index (χ0) is 13.0. The summed E-state index contributed by atoms with van der Waals surface area (Å²) in [6, 6.07) is 2.69. The number of rotatable bonds is 5. The Hall–Kier alpha value is -1.16. The molecule has 18 heavy (non-hydrogen) atoms. The molecule has 1 aromatic rings. The Labute approximate surface area is 110 Å². The Bertz CT molecular complexity index is 391. The van der Waals surface area contributed by atoms with Gasteiger partial charge in [0.2, 0.25) is 0 Å². The van der Waals surface area contributed by atoms with Crippen LogP contribution in [0.25, 0.3) is 0 Å². The van der Waals surface area contributed by atoms with Gasteiger partial charge in [-0.05, 0) is 39.7 Å². The second-order valence-corrected chi connectivity index (χ2v) is 5.20. The van der Waals surface area contributed by atoms with Gasteiger partial charge in [-0.1, -0.05) is 6.92 Å². The maximum atomic E-state index is 4.61. The molecule has 1 aliphatic heterocycles. The van der Waals surface area contributed by atoms with Crippen molar-refractivity contribution in [2.24, 2.45) is 0 Å². The minimum Gasteiger partial charge on any atom is -0.370 e. The minimum atomic E-state index is 0.668. The molecule has 0 aliphatic carbocycles. The van der Waals surface area contributed by atoms with Gasteiger partial charge in [-0.3, -0.25) is 4.90 Å². The quantitative estimate of drug-likeness (QED) is 0.869. The second kappa shape index (κ2) is 6.14. The molecule has 0 radical (unpaired) electrons. The molecule has 0 spiro atoms. The third-order valence-electron chi connectivity index (χ3n) is 3.49. The van der Waals surface area contributed by atoms with Crippen molar-refractivity contribution in [3.8, 4) is 0 Å². The number of hydrogen-bond donors (Lipinski definition) is 1. The third-order valence-corrected chi connectivity index (χ3v) is 3.49. The van der Waals surface area contributed by atoms with Crippen molar-refractivity contribution in [1.82, 2.24) is 14.9 Å². The Morgan fingerprint density at radius 2 is 2.28 bits per heavy atom. The number of nitrogens with one attached hydrogen (secondary N) is 1. The zero-order valence-corrected chi connectivity index (χ0v) is 11.7. The maximum Gasteiger partial charge on any atom is 0.144 e. The van der Waals surface area contributed by atoms with E-state index < -0.39 is 0 Å². The largest absolute Gasteiger partial charge is 0.370 e. The first kappa shape index (κ1) is 13.3. The summed E-state index contributed by atoms with van der Waals surface area (Å²) in [5, 5.41) is 3.34. The average molecular weight is 248 g/mol. The van der Waals surface area contributed by atoms with Crippen LogP contribution in [-0.4, -0.2) is 34.0 Å². The molecule has 0 saturated carbocycles. The highest BCUT2D eigenvalue weighted by Gasteiger charge is 2.21. The molecular formula is C14H24N4. The summed E-state index contributed by atoms with van der Waals surface area (Å²) in [5.41, 5.74) is 1.05. The Morgan fingerprint density at radius 3 is 2.94 bits per heavy atom. The topological polar surface area (TPSA) is 41.1 Å². The van der Waals surface area contributed by atoms with E-state index in [1.807, 2.05) is 13.0 Å². The predicted molar refractivity (Wildman–Crippen MR) is 74.7 cm³/mol. The number of hydrogen-bond acceptors (Lipinski definition) is 4. The van der Waals surface area contributed by atoms with E-state index in [9.17, 15) is 0 Å². The fraction of sp³-hybridized carbons (Fsp3) is 0.714. The lowest BCUT2D eigenvalue weighted by Crippen LogP contribution is -2.27. The average Bonchev–Trinajstić information content (AvgIpc) is 2.72. The van der Waals surface area contributed by atoms with Gasteiger partial charge in [-0.2, -0.15) is 0 Å². The fourth-order valence-electron chi connectivity index (χ4n) is 2.45. The molecule has 2 heterocycles. The summed E-state index contributed by atoms with van der Waals surface area (Å²) < 4.78 is 0. The molecule has 1 aliphatic rings. The zero-order valence-electron chi connectivity index (χ0n) is 11.7. The Morgan fingerprint density at radius 1 is 1.44 bits per heavy atom. The molecule has 4 heteroatoms. The van der Waals surface area contributed by atoms with Gasteiger partial charge in [-0.15, -0.1) is 0 Å². The molecule has 1 saturated heterocycles. The second-order valence-electron chi connectivity index (χ2n) is 5.20. The molecule has 1 atom stereocenters. The highest BCUT2D eigenvalue weighted by molar-refractivity contribution is 5.35. The van der Waals surface area contributed by atoms with E-state index >= 15 is 0 Å².